The first-order valence-corrected chi connectivity index (χ1v) is 8.60. The molecule has 1 aromatic rings. The summed E-state index contributed by atoms with van der Waals surface area (Å²) in [5.74, 6) is 0.270. The van der Waals surface area contributed by atoms with Gasteiger partial charge in [-0.25, -0.2) is 4.98 Å². The number of aromatic nitrogens is 2. The first kappa shape index (κ1) is 15.5. The van der Waals surface area contributed by atoms with Crippen LogP contribution in [0, 0.1) is 5.92 Å². The molecule has 1 aromatic heterocycles. The normalized spacial score (nSPS) is 29.3. The smallest absolute Gasteiger partial charge is 0.274 e. The monoisotopic (exact) mass is 305 g/mol. The molecule has 0 bridgehead atoms. The lowest BCUT2D eigenvalue weighted by Crippen LogP contribution is -2.45. The maximum atomic E-state index is 12.8. The molecular formula is C17H27N3O2. The number of hydrogen-bond acceptors (Lipinski definition) is 3. The zero-order valence-corrected chi connectivity index (χ0v) is 13.6. The number of carbonyl (C=O) groups excluding carboxylic acids is 1. The molecule has 0 aromatic carbocycles. The van der Waals surface area contributed by atoms with Crippen molar-refractivity contribution in [2.45, 2.75) is 70.6 Å². The molecule has 1 saturated carbocycles. The lowest BCUT2D eigenvalue weighted by Gasteiger charge is -2.37. The van der Waals surface area contributed by atoms with E-state index < -0.39 is 0 Å². The van der Waals surface area contributed by atoms with Crippen molar-refractivity contribution in [3.63, 3.8) is 0 Å². The highest BCUT2D eigenvalue weighted by Gasteiger charge is 2.39. The van der Waals surface area contributed by atoms with Gasteiger partial charge in [-0.1, -0.05) is 12.8 Å². The van der Waals surface area contributed by atoms with Crippen LogP contribution in [0.4, 0.5) is 0 Å². The predicted molar refractivity (Wildman–Crippen MR) is 84.6 cm³/mol. The van der Waals surface area contributed by atoms with E-state index >= 15 is 0 Å². The maximum Gasteiger partial charge on any atom is 0.274 e. The van der Waals surface area contributed by atoms with Crippen molar-refractivity contribution >= 4 is 5.91 Å². The van der Waals surface area contributed by atoms with Gasteiger partial charge in [0.1, 0.15) is 5.69 Å². The Kier molecular flexibility index (Phi) is 4.52. The van der Waals surface area contributed by atoms with Gasteiger partial charge in [0.2, 0.25) is 0 Å². The summed E-state index contributed by atoms with van der Waals surface area (Å²) in [6.45, 7) is 4.95. The maximum absolute atomic E-state index is 12.8. The van der Waals surface area contributed by atoms with E-state index in [0.717, 1.165) is 38.6 Å². The number of rotatable bonds is 3. The molecule has 5 nitrogen and oxygen atoms in total. The minimum absolute atomic E-state index is 0.0275. The average molecular weight is 305 g/mol. The number of aliphatic hydroxyl groups excluding tert-OH is 1. The Labute approximate surface area is 132 Å². The molecule has 3 rings (SSSR count). The number of likely N-dealkylation sites (tertiary alicyclic amines) is 1. The van der Waals surface area contributed by atoms with E-state index in [0.29, 0.717) is 11.7 Å². The Hall–Kier alpha value is -1.36. The molecule has 1 N–H and O–H groups in total. The molecule has 2 aliphatic rings. The van der Waals surface area contributed by atoms with E-state index in [-0.39, 0.29) is 24.0 Å². The van der Waals surface area contributed by atoms with Crippen molar-refractivity contribution in [1.82, 2.24) is 14.5 Å². The topological polar surface area (TPSA) is 58.4 Å². The van der Waals surface area contributed by atoms with Gasteiger partial charge in [0.05, 0.1) is 12.4 Å². The summed E-state index contributed by atoms with van der Waals surface area (Å²) in [6.07, 6.45) is 9.57. The van der Waals surface area contributed by atoms with Crippen LogP contribution in [-0.2, 0) is 0 Å². The number of nitrogens with zero attached hydrogens (tertiary/aromatic N) is 3. The van der Waals surface area contributed by atoms with Gasteiger partial charge in [0.25, 0.3) is 5.91 Å². The van der Waals surface area contributed by atoms with Crippen LogP contribution >= 0.6 is 0 Å². The molecule has 1 amide bonds. The first-order chi connectivity index (χ1) is 10.6. The van der Waals surface area contributed by atoms with Gasteiger partial charge in [0.15, 0.2) is 0 Å². The standard InChI is InChI=1S/C17H27N3O2/c1-12(2)19-10-14(18-11-19)17(22)20-9-5-7-15(20)13-6-3-4-8-16(13)21/h10-13,15-16,21H,3-9H2,1-2H3/t13-,15+,16-/m0/s1. The van der Waals surface area contributed by atoms with Crippen LogP contribution in [0.25, 0.3) is 0 Å². The average Bonchev–Trinajstić information content (AvgIpc) is 3.16. The van der Waals surface area contributed by atoms with Crippen molar-refractivity contribution in [3.8, 4) is 0 Å². The fraction of sp³-hybridized carbons (Fsp3) is 0.765. The summed E-state index contributed by atoms with van der Waals surface area (Å²) < 4.78 is 1.97. The Balaban J connectivity index is 1.75. The lowest BCUT2D eigenvalue weighted by atomic mass is 9.80. The second-order valence-corrected chi connectivity index (χ2v) is 7.02. The fourth-order valence-corrected chi connectivity index (χ4v) is 3.96. The SMILES string of the molecule is CC(C)n1cnc(C(=O)N2CCC[C@@H]2[C@@H]2CCCC[C@@H]2O)c1. The van der Waals surface area contributed by atoms with E-state index in [4.69, 9.17) is 0 Å². The second-order valence-electron chi connectivity index (χ2n) is 7.02. The molecule has 5 heteroatoms. The molecule has 122 valence electrons. The highest BCUT2D eigenvalue weighted by Crippen LogP contribution is 2.35. The van der Waals surface area contributed by atoms with E-state index in [1.165, 1.54) is 6.42 Å². The molecule has 0 radical (unpaired) electrons. The predicted octanol–water partition coefficient (Wildman–Crippen LogP) is 2.62. The molecule has 22 heavy (non-hydrogen) atoms. The number of hydrogen-bond donors (Lipinski definition) is 1. The van der Waals surface area contributed by atoms with E-state index in [9.17, 15) is 9.90 Å². The van der Waals surface area contributed by atoms with Gasteiger partial charge >= 0.3 is 0 Å². The Morgan fingerprint density at radius 3 is 2.73 bits per heavy atom. The molecular weight excluding hydrogens is 278 g/mol. The molecule has 2 heterocycles. The molecule has 0 unspecified atom stereocenters. The van der Waals surface area contributed by atoms with Gasteiger partial charge in [0, 0.05) is 30.7 Å². The third kappa shape index (κ3) is 2.91. The molecule has 3 atom stereocenters. The fourth-order valence-electron chi connectivity index (χ4n) is 3.96. The number of carbonyl (C=O) groups is 1. The van der Waals surface area contributed by atoms with Gasteiger partial charge in [-0.15, -0.1) is 0 Å². The summed E-state index contributed by atoms with van der Waals surface area (Å²) >= 11 is 0. The Bertz CT molecular complexity index is 526. The van der Waals surface area contributed by atoms with Crippen molar-refractivity contribution in [2.24, 2.45) is 5.92 Å². The summed E-state index contributed by atoms with van der Waals surface area (Å²) in [6, 6.07) is 0.496. The third-order valence-corrected chi connectivity index (χ3v) is 5.25. The highest BCUT2D eigenvalue weighted by molar-refractivity contribution is 5.92. The van der Waals surface area contributed by atoms with Gasteiger partial charge in [-0.2, -0.15) is 0 Å². The quantitative estimate of drug-likeness (QED) is 0.934. The minimum Gasteiger partial charge on any atom is -0.393 e. The largest absolute Gasteiger partial charge is 0.393 e. The third-order valence-electron chi connectivity index (χ3n) is 5.25. The molecule has 0 spiro atoms. The van der Waals surface area contributed by atoms with Crippen molar-refractivity contribution in [3.05, 3.63) is 18.2 Å². The van der Waals surface area contributed by atoms with Crippen molar-refractivity contribution in [2.75, 3.05) is 6.54 Å². The van der Waals surface area contributed by atoms with Gasteiger partial charge in [-0.3, -0.25) is 4.79 Å². The van der Waals surface area contributed by atoms with Crippen molar-refractivity contribution in [1.29, 1.82) is 0 Å². The van der Waals surface area contributed by atoms with Crippen LogP contribution in [0.5, 0.6) is 0 Å². The highest BCUT2D eigenvalue weighted by atomic mass is 16.3. The summed E-state index contributed by atoms with van der Waals surface area (Å²) in [7, 11) is 0. The molecule has 1 aliphatic heterocycles. The Morgan fingerprint density at radius 1 is 1.27 bits per heavy atom. The van der Waals surface area contributed by atoms with E-state index in [1.807, 2.05) is 15.7 Å². The zero-order valence-electron chi connectivity index (χ0n) is 13.6. The summed E-state index contributed by atoms with van der Waals surface area (Å²) in [5, 5.41) is 10.3. The van der Waals surface area contributed by atoms with Gasteiger partial charge < -0.3 is 14.6 Å². The molecule has 1 saturated heterocycles. The van der Waals surface area contributed by atoms with Crippen LogP contribution in [0.15, 0.2) is 12.5 Å². The van der Waals surface area contributed by atoms with Crippen LogP contribution in [0.1, 0.15) is 68.9 Å². The van der Waals surface area contributed by atoms with Gasteiger partial charge in [-0.05, 0) is 39.5 Å². The van der Waals surface area contributed by atoms with E-state index in [1.54, 1.807) is 6.33 Å². The zero-order chi connectivity index (χ0) is 15.7. The van der Waals surface area contributed by atoms with Crippen LogP contribution in [0.2, 0.25) is 0 Å². The number of imidazole rings is 1. The summed E-state index contributed by atoms with van der Waals surface area (Å²) in [5.41, 5.74) is 0.533. The Morgan fingerprint density at radius 2 is 2.05 bits per heavy atom. The van der Waals surface area contributed by atoms with E-state index in [2.05, 4.69) is 18.8 Å². The van der Waals surface area contributed by atoms with Crippen LogP contribution in [0.3, 0.4) is 0 Å². The number of amides is 1. The van der Waals surface area contributed by atoms with Crippen LogP contribution < -0.4 is 0 Å². The molecule has 2 fully saturated rings. The van der Waals surface area contributed by atoms with Crippen molar-refractivity contribution < 1.29 is 9.90 Å². The van der Waals surface area contributed by atoms with Crippen LogP contribution in [-0.4, -0.2) is 44.2 Å². The minimum atomic E-state index is -0.250. The summed E-state index contributed by atoms with van der Waals surface area (Å²) in [4.78, 5) is 19.1. The first-order valence-electron chi connectivity index (χ1n) is 8.60. The number of aliphatic hydroxyl groups is 1. The second kappa shape index (κ2) is 6.41. The molecule has 1 aliphatic carbocycles. The lowest BCUT2D eigenvalue weighted by molar-refractivity contribution is 0.0209.